The van der Waals surface area contributed by atoms with Crippen molar-refractivity contribution < 1.29 is 0 Å². The predicted octanol–water partition coefficient (Wildman–Crippen LogP) is 18.8. The van der Waals surface area contributed by atoms with Gasteiger partial charge in [-0.25, -0.2) is 15.0 Å². The van der Waals surface area contributed by atoms with Crippen molar-refractivity contribution in [1.29, 1.82) is 26.3 Å². The van der Waals surface area contributed by atoms with Gasteiger partial charge in [0, 0.05) is 49.4 Å². The molecular weight excluding hydrogens is 1100 g/mol. The summed E-state index contributed by atoms with van der Waals surface area (Å²) < 4.78 is 4.54. The van der Waals surface area contributed by atoms with Crippen LogP contribution >= 0.6 is 0 Å². The third kappa shape index (κ3) is 9.32. The molecule has 0 unspecified atom stereocenters. The van der Waals surface area contributed by atoms with Gasteiger partial charge in [-0.05, 0) is 160 Å². The smallest absolute Gasteiger partial charge is 0.164 e. The summed E-state index contributed by atoms with van der Waals surface area (Å²) in [5.74, 6) is 1.35. The van der Waals surface area contributed by atoms with Gasteiger partial charge in [0.05, 0.1) is 91.6 Å². The van der Waals surface area contributed by atoms with Gasteiger partial charge in [-0.2, -0.15) is 26.3 Å². The third-order valence-electron chi connectivity index (χ3n) is 16.8. The van der Waals surface area contributed by atoms with Crippen LogP contribution in [0, 0.1) is 56.7 Å². The predicted molar refractivity (Wildman–Crippen MR) is 356 cm³/mol. The first kappa shape index (κ1) is 53.4. The minimum Gasteiger partial charge on any atom is -0.309 e. The number of rotatable bonds is 10. The lowest BCUT2D eigenvalue weighted by Gasteiger charge is -2.22. The van der Waals surface area contributed by atoms with Crippen molar-refractivity contribution >= 4 is 43.6 Å². The van der Waals surface area contributed by atoms with Crippen molar-refractivity contribution in [2.75, 3.05) is 0 Å². The molecule has 0 saturated carbocycles. The maximum Gasteiger partial charge on any atom is 0.164 e. The molecule has 0 aliphatic heterocycles. The summed E-state index contributed by atoms with van der Waals surface area (Å²) in [5.41, 5.74) is 19.0. The number of nitriles is 5. The SMILES string of the molecule is N#Cc1ccc(-c2ccc3c(c2)c2cc(-c4ccc(C#N)cc4)ccc2n3-c2cccc(C#N)c2-c2c(-c3nc(-c4ccccc4)nc(-c4ccccc4)n3)cccc2-n2c3ccc(-c4ccc(C#N)cc4)cc3c3cc(-c4ccc(C#N)cc4)ccc32)cc1. The maximum atomic E-state index is 11.8. The molecule has 15 aromatic rings. The van der Waals surface area contributed by atoms with Crippen molar-refractivity contribution in [1.82, 2.24) is 24.1 Å². The third-order valence-corrected chi connectivity index (χ3v) is 16.8. The van der Waals surface area contributed by atoms with Gasteiger partial charge < -0.3 is 9.13 Å². The highest BCUT2D eigenvalue weighted by molar-refractivity contribution is 6.15. The first-order valence-electron chi connectivity index (χ1n) is 29.1. The van der Waals surface area contributed by atoms with Crippen LogP contribution in [0.2, 0.25) is 0 Å². The standard InChI is InChI=1S/C80H44N10/c81-45-50-17-25-54(26-18-50)60-33-37-70-66(41-60)67-42-61(55-27-19-51(46-82)20-28-55)34-38-71(67)89(70)74-15-7-13-64(49-85)76(74)77-65(80-87-78(58-9-3-1-4-10-58)86-79(88-80)59-11-5-2-6-12-59)14-8-16-75(77)90-72-39-35-62(56-29-21-52(47-83)22-30-56)43-68(72)69-44-63(36-40-73(69)90)57-31-23-53(48-84)24-32-57/h1-44H. The molecule has 90 heavy (non-hydrogen) atoms. The molecule has 15 rings (SSSR count). The lowest BCUT2D eigenvalue weighted by molar-refractivity contribution is 1.07. The van der Waals surface area contributed by atoms with E-state index in [2.05, 4.69) is 124 Å². The number of benzene rings is 12. The highest BCUT2D eigenvalue weighted by atomic mass is 15.0. The molecule has 12 aromatic carbocycles. The van der Waals surface area contributed by atoms with Crippen molar-refractivity contribution in [3.8, 4) is 132 Å². The van der Waals surface area contributed by atoms with Crippen LogP contribution in [0.5, 0.6) is 0 Å². The van der Waals surface area contributed by atoms with E-state index >= 15 is 0 Å². The quantitative estimate of drug-likeness (QED) is 0.130. The molecule has 0 aliphatic carbocycles. The van der Waals surface area contributed by atoms with Gasteiger partial charge in [0.25, 0.3) is 0 Å². The van der Waals surface area contributed by atoms with Crippen LogP contribution < -0.4 is 0 Å². The Morgan fingerprint density at radius 3 is 0.889 bits per heavy atom. The monoisotopic (exact) mass is 1140 g/mol. The van der Waals surface area contributed by atoms with E-state index in [4.69, 9.17) is 15.0 Å². The molecule has 10 heteroatoms. The summed E-state index contributed by atoms with van der Waals surface area (Å²) in [4.78, 5) is 15.9. The Hall–Kier alpha value is -13.3. The van der Waals surface area contributed by atoms with E-state index in [1.165, 1.54) is 0 Å². The van der Waals surface area contributed by atoms with Gasteiger partial charge in [0.2, 0.25) is 0 Å². The van der Waals surface area contributed by atoms with E-state index in [-0.39, 0.29) is 0 Å². The average Bonchev–Trinajstić information content (AvgIpc) is 1.52. The van der Waals surface area contributed by atoms with Gasteiger partial charge >= 0.3 is 0 Å². The zero-order valence-corrected chi connectivity index (χ0v) is 47.9. The van der Waals surface area contributed by atoms with E-state index < -0.39 is 0 Å². The second kappa shape index (κ2) is 22.3. The van der Waals surface area contributed by atoms with Gasteiger partial charge in [-0.3, -0.25) is 0 Å². The summed E-state index contributed by atoms with van der Waals surface area (Å²) in [6, 6.07) is 99.8. The number of nitrogens with zero attached hydrogens (tertiary/aromatic N) is 10. The molecule has 0 N–H and O–H groups in total. The summed E-state index contributed by atoms with van der Waals surface area (Å²) in [7, 11) is 0. The fraction of sp³-hybridized carbons (Fsp3) is 0. The van der Waals surface area contributed by atoms with Crippen LogP contribution in [0.1, 0.15) is 27.8 Å². The zero-order chi connectivity index (χ0) is 60.8. The normalized spacial score (nSPS) is 11.1. The first-order chi connectivity index (χ1) is 44.4. The van der Waals surface area contributed by atoms with Crippen LogP contribution in [0.25, 0.3) is 145 Å². The van der Waals surface area contributed by atoms with Gasteiger partial charge in [-0.15, -0.1) is 0 Å². The largest absolute Gasteiger partial charge is 0.309 e. The lowest BCUT2D eigenvalue weighted by Crippen LogP contribution is -2.07. The number of aromatic nitrogens is 5. The molecule has 3 heterocycles. The fourth-order valence-corrected chi connectivity index (χ4v) is 12.4. The molecule has 0 saturated heterocycles. The van der Waals surface area contributed by atoms with Crippen LogP contribution in [0.4, 0.5) is 0 Å². The van der Waals surface area contributed by atoms with Crippen LogP contribution in [0.15, 0.2) is 267 Å². The summed E-state index contributed by atoms with van der Waals surface area (Å²) >= 11 is 0. The Kier molecular flexibility index (Phi) is 13.2. The molecule has 0 atom stereocenters. The van der Waals surface area contributed by atoms with Crippen LogP contribution in [-0.4, -0.2) is 24.1 Å². The van der Waals surface area contributed by atoms with Crippen molar-refractivity contribution in [2.24, 2.45) is 0 Å². The minimum absolute atomic E-state index is 0.395. The average molecular weight is 1150 g/mol. The topological polar surface area (TPSA) is 167 Å². The molecule has 414 valence electrons. The summed E-state index contributed by atoms with van der Waals surface area (Å²) in [6.07, 6.45) is 0. The molecular formula is C80H44N10. The van der Waals surface area contributed by atoms with E-state index in [1.54, 1.807) is 0 Å². The lowest BCUT2D eigenvalue weighted by atomic mass is 9.91. The highest BCUT2D eigenvalue weighted by Crippen LogP contribution is 2.48. The number of hydrogen-bond acceptors (Lipinski definition) is 8. The van der Waals surface area contributed by atoms with E-state index in [1.807, 2.05) is 182 Å². The molecule has 0 bridgehead atoms. The van der Waals surface area contributed by atoms with Crippen LogP contribution in [-0.2, 0) is 0 Å². The highest BCUT2D eigenvalue weighted by Gasteiger charge is 2.28. The molecule has 0 fully saturated rings. The van der Waals surface area contributed by atoms with Gasteiger partial charge in [0.1, 0.15) is 0 Å². The van der Waals surface area contributed by atoms with Gasteiger partial charge in [-0.1, -0.05) is 152 Å². The summed E-state index contributed by atoms with van der Waals surface area (Å²) in [5, 5.41) is 54.6. The van der Waals surface area contributed by atoms with Crippen molar-refractivity contribution in [3.63, 3.8) is 0 Å². The molecule has 3 aromatic heterocycles. The minimum atomic E-state index is 0.395. The second-order valence-electron chi connectivity index (χ2n) is 21.9. The van der Waals surface area contributed by atoms with Gasteiger partial charge in [0.15, 0.2) is 17.5 Å². The first-order valence-corrected chi connectivity index (χ1v) is 29.1. The molecule has 0 aliphatic rings. The Balaban J connectivity index is 1.06. The number of hydrogen-bond donors (Lipinski definition) is 0. The fourth-order valence-electron chi connectivity index (χ4n) is 12.4. The zero-order valence-electron chi connectivity index (χ0n) is 47.9. The van der Waals surface area contributed by atoms with Crippen molar-refractivity contribution in [3.05, 3.63) is 295 Å². The van der Waals surface area contributed by atoms with E-state index in [9.17, 15) is 26.3 Å². The molecule has 0 radical (unpaired) electrons. The Morgan fingerprint density at radius 1 is 0.244 bits per heavy atom. The Morgan fingerprint density at radius 2 is 0.556 bits per heavy atom. The van der Waals surface area contributed by atoms with E-state index in [0.717, 1.165) is 111 Å². The molecule has 0 spiro atoms. The summed E-state index contributed by atoms with van der Waals surface area (Å²) in [6.45, 7) is 0. The Labute approximate surface area is 517 Å². The van der Waals surface area contributed by atoms with Crippen LogP contribution in [0.3, 0.4) is 0 Å². The molecule has 0 amide bonds. The van der Waals surface area contributed by atoms with E-state index in [0.29, 0.717) is 62.0 Å². The second-order valence-corrected chi connectivity index (χ2v) is 21.9. The Bertz CT molecular complexity index is 5330. The number of fused-ring (bicyclic) bond motifs is 6. The maximum absolute atomic E-state index is 11.8. The molecule has 10 nitrogen and oxygen atoms in total. The van der Waals surface area contributed by atoms with Crippen molar-refractivity contribution in [2.45, 2.75) is 0 Å².